The number of benzene rings is 2. The lowest BCUT2D eigenvalue weighted by atomic mass is 10.2. The molecule has 0 aliphatic carbocycles. The fraction of sp³-hybridized carbons (Fsp3) is 0.222. The Morgan fingerprint density at radius 2 is 0.962 bits per heavy atom. The molecule has 0 aliphatic rings. The molecule has 0 bridgehead atoms. The van der Waals surface area contributed by atoms with Crippen molar-refractivity contribution in [2.75, 3.05) is 13.2 Å². The van der Waals surface area contributed by atoms with Gasteiger partial charge in [-0.1, -0.05) is 0 Å². The highest BCUT2D eigenvalue weighted by atomic mass is 19.3. The molecule has 0 radical (unpaired) electrons. The van der Waals surface area contributed by atoms with Crippen LogP contribution in [0.2, 0.25) is 0 Å². The second-order valence-corrected chi connectivity index (χ2v) is 5.26. The quantitative estimate of drug-likeness (QED) is 0.692. The van der Waals surface area contributed by atoms with Gasteiger partial charge in [0.25, 0.3) is 0 Å². The third-order valence-corrected chi connectivity index (χ3v) is 3.34. The van der Waals surface area contributed by atoms with Crippen LogP contribution in [0.1, 0.15) is 11.1 Å². The minimum Gasteiger partial charge on any atom is -0.487 e. The maximum atomic E-state index is 13.8. The predicted molar refractivity (Wildman–Crippen MR) is 83.2 cm³/mol. The number of alkyl halides is 4. The van der Waals surface area contributed by atoms with E-state index in [2.05, 4.69) is 0 Å². The van der Waals surface area contributed by atoms with E-state index in [1.807, 2.05) is 12.1 Å². The summed E-state index contributed by atoms with van der Waals surface area (Å²) in [6, 6.07) is 13.9. The molecule has 0 atom stereocenters. The van der Waals surface area contributed by atoms with E-state index in [9.17, 15) is 17.6 Å². The first-order valence-electron chi connectivity index (χ1n) is 7.29. The standard InChI is InChI=1S/C18H12F4N2O2/c19-17(20,11-25-15-5-1-13(9-23)2-6-15)18(21,22)12-26-16-7-3-14(10-24)4-8-16/h1-8H,11-12H2. The highest BCUT2D eigenvalue weighted by Crippen LogP contribution is 2.35. The van der Waals surface area contributed by atoms with E-state index in [0.717, 1.165) is 0 Å². The van der Waals surface area contributed by atoms with Crippen LogP contribution in [0.4, 0.5) is 17.6 Å². The fourth-order valence-corrected chi connectivity index (χ4v) is 1.81. The third-order valence-electron chi connectivity index (χ3n) is 3.34. The lowest BCUT2D eigenvalue weighted by Gasteiger charge is -2.26. The van der Waals surface area contributed by atoms with Crippen LogP contribution >= 0.6 is 0 Å². The van der Waals surface area contributed by atoms with Crippen molar-refractivity contribution >= 4 is 0 Å². The van der Waals surface area contributed by atoms with Crippen LogP contribution in [-0.4, -0.2) is 25.1 Å². The maximum Gasteiger partial charge on any atom is 0.346 e. The summed E-state index contributed by atoms with van der Waals surface area (Å²) < 4.78 is 64.6. The Labute approximate surface area is 146 Å². The third kappa shape index (κ3) is 4.64. The zero-order chi connectivity index (χ0) is 19.2. The van der Waals surface area contributed by atoms with Gasteiger partial charge >= 0.3 is 11.8 Å². The van der Waals surface area contributed by atoms with Crippen LogP contribution in [0, 0.1) is 22.7 Å². The van der Waals surface area contributed by atoms with E-state index in [1.165, 1.54) is 48.5 Å². The summed E-state index contributed by atoms with van der Waals surface area (Å²) >= 11 is 0. The first-order chi connectivity index (χ1) is 12.3. The number of hydrogen-bond donors (Lipinski definition) is 0. The van der Waals surface area contributed by atoms with E-state index in [4.69, 9.17) is 20.0 Å². The Hall–Kier alpha value is -3.26. The first kappa shape index (κ1) is 19.1. The van der Waals surface area contributed by atoms with E-state index >= 15 is 0 Å². The number of nitriles is 2. The molecule has 0 heterocycles. The molecule has 2 aromatic rings. The monoisotopic (exact) mass is 364 g/mol. The van der Waals surface area contributed by atoms with Crippen LogP contribution in [0.25, 0.3) is 0 Å². The van der Waals surface area contributed by atoms with Gasteiger partial charge < -0.3 is 9.47 Å². The van der Waals surface area contributed by atoms with Crippen molar-refractivity contribution in [1.82, 2.24) is 0 Å². The van der Waals surface area contributed by atoms with Crippen LogP contribution in [0.5, 0.6) is 11.5 Å². The molecule has 0 N–H and O–H groups in total. The Bertz CT molecular complexity index is 751. The average Bonchev–Trinajstić information content (AvgIpc) is 2.65. The maximum absolute atomic E-state index is 13.8. The van der Waals surface area contributed by atoms with Crippen LogP contribution < -0.4 is 9.47 Å². The SMILES string of the molecule is N#Cc1ccc(OCC(F)(F)C(F)(F)COc2ccc(C#N)cc2)cc1. The minimum atomic E-state index is -4.48. The van der Waals surface area contributed by atoms with Gasteiger partial charge in [0.2, 0.25) is 0 Å². The van der Waals surface area contributed by atoms with Crippen molar-refractivity contribution in [2.24, 2.45) is 0 Å². The van der Waals surface area contributed by atoms with Gasteiger partial charge in [-0.3, -0.25) is 0 Å². The molecule has 0 unspecified atom stereocenters. The van der Waals surface area contributed by atoms with Crippen molar-refractivity contribution in [3.63, 3.8) is 0 Å². The van der Waals surface area contributed by atoms with Crippen molar-refractivity contribution < 1.29 is 27.0 Å². The molecule has 0 fully saturated rings. The van der Waals surface area contributed by atoms with Crippen LogP contribution in [-0.2, 0) is 0 Å². The molecule has 26 heavy (non-hydrogen) atoms. The summed E-state index contributed by atoms with van der Waals surface area (Å²) in [5.41, 5.74) is 0.565. The highest BCUT2D eigenvalue weighted by Gasteiger charge is 2.57. The normalized spacial score (nSPS) is 11.3. The average molecular weight is 364 g/mol. The van der Waals surface area contributed by atoms with E-state index in [1.54, 1.807) is 0 Å². The molecule has 0 saturated carbocycles. The molecule has 8 heteroatoms. The lowest BCUT2D eigenvalue weighted by molar-refractivity contribution is -0.232. The molecular formula is C18H12F4N2O2. The Morgan fingerprint density at radius 3 is 1.23 bits per heavy atom. The second kappa shape index (κ2) is 7.75. The number of hydrogen-bond acceptors (Lipinski definition) is 4. The van der Waals surface area contributed by atoms with Gasteiger partial charge in [0.15, 0.2) is 13.2 Å². The topological polar surface area (TPSA) is 66.0 Å². The summed E-state index contributed by atoms with van der Waals surface area (Å²) in [5, 5.41) is 17.3. The van der Waals surface area contributed by atoms with E-state index in [0.29, 0.717) is 0 Å². The van der Waals surface area contributed by atoms with Gasteiger partial charge in [0.1, 0.15) is 11.5 Å². The van der Waals surface area contributed by atoms with Crippen molar-refractivity contribution in [3.8, 4) is 23.6 Å². The molecule has 134 valence electrons. The summed E-state index contributed by atoms with van der Waals surface area (Å²) in [4.78, 5) is 0. The van der Waals surface area contributed by atoms with E-state index < -0.39 is 25.1 Å². The minimum absolute atomic E-state index is 0.0625. The molecular weight excluding hydrogens is 352 g/mol. The number of halogens is 4. The second-order valence-electron chi connectivity index (χ2n) is 5.26. The Balaban J connectivity index is 1.95. The summed E-state index contributed by atoms with van der Waals surface area (Å²) in [6.07, 6.45) is 0. The molecule has 4 nitrogen and oxygen atoms in total. The summed E-state index contributed by atoms with van der Waals surface area (Å²) in [6.45, 7) is -3.11. The number of ether oxygens (including phenoxy) is 2. The highest BCUT2D eigenvalue weighted by molar-refractivity contribution is 5.35. The molecule has 2 rings (SSSR count). The van der Waals surface area contributed by atoms with Gasteiger partial charge in [-0.2, -0.15) is 28.1 Å². The summed E-state index contributed by atoms with van der Waals surface area (Å²) in [5.74, 6) is -9.08. The lowest BCUT2D eigenvalue weighted by Crippen LogP contribution is -2.49. The van der Waals surface area contributed by atoms with Gasteiger partial charge in [-0.15, -0.1) is 0 Å². The molecule has 2 aromatic carbocycles. The van der Waals surface area contributed by atoms with Crippen LogP contribution in [0.15, 0.2) is 48.5 Å². The van der Waals surface area contributed by atoms with Gasteiger partial charge in [-0.05, 0) is 48.5 Å². The zero-order valence-corrected chi connectivity index (χ0v) is 13.3. The van der Waals surface area contributed by atoms with Crippen molar-refractivity contribution in [1.29, 1.82) is 10.5 Å². The summed E-state index contributed by atoms with van der Waals surface area (Å²) in [7, 11) is 0. The zero-order valence-electron chi connectivity index (χ0n) is 13.3. The van der Waals surface area contributed by atoms with Gasteiger partial charge in [-0.25, -0.2) is 0 Å². The number of nitrogens with zero attached hydrogens (tertiary/aromatic N) is 2. The molecule has 0 aliphatic heterocycles. The van der Waals surface area contributed by atoms with E-state index in [-0.39, 0.29) is 22.6 Å². The molecule has 0 amide bonds. The number of rotatable bonds is 7. The molecule has 0 aromatic heterocycles. The largest absolute Gasteiger partial charge is 0.487 e. The predicted octanol–water partition coefficient (Wildman–Crippen LogP) is 4.16. The van der Waals surface area contributed by atoms with Gasteiger partial charge in [0, 0.05) is 0 Å². The van der Waals surface area contributed by atoms with Crippen LogP contribution in [0.3, 0.4) is 0 Å². The first-order valence-corrected chi connectivity index (χ1v) is 7.29. The van der Waals surface area contributed by atoms with Crippen molar-refractivity contribution in [2.45, 2.75) is 11.8 Å². The van der Waals surface area contributed by atoms with Gasteiger partial charge in [0.05, 0.1) is 23.3 Å². The fourth-order valence-electron chi connectivity index (χ4n) is 1.81. The smallest absolute Gasteiger partial charge is 0.346 e. The molecule has 0 saturated heterocycles. The Kier molecular flexibility index (Phi) is 5.68. The van der Waals surface area contributed by atoms with Crippen molar-refractivity contribution in [3.05, 3.63) is 59.7 Å². The molecule has 0 spiro atoms. The Morgan fingerprint density at radius 1 is 0.654 bits per heavy atom.